The van der Waals surface area contributed by atoms with Gasteiger partial charge in [-0.1, -0.05) is 12.1 Å². The minimum absolute atomic E-state index is 0.412. The third-order valence-electron chi connectivity index (χ3n) is 4.25. The number of nitrogens with one attached hydrogen (secondary N) is 2. The van der Waals surface area contributed by atoms with Crippen LogP contribution in [0, 0.1) is 0 Å². The maximum atomic E-state index is 12.7. The van der Waals surface area contributed by atoms with E-state index < -0.39 is 11.7 Å². The quantitative estimate of drug-likeness (QED) is 0.903. The zero-order valence-corrected chi connectivity index (χ0v) is 13.7. The van der Waals surface area contributed by atoms with Crippen molar-refractivity contribution in [1.29, 1.82) is 0 Å². The van der Waals surface area contributed by atoms with Gasteiger partial charge in [-0.2, -0.15) is 18.3 Å². The minimum atomic E-state index is -4.32. The molecule has 2 unspecified atom stereocenters. The average molecular weight is 338 g/mol. The van der Waals surface area contributed by atoms with Gasteiger partial charge >= 0.3 is 6.18 Å². The zero-order valence-electron chi connectivity index (χ0n) is 13.7. The molecule has 2 aromatic rings. The van der Waals surface area contributed by atoms with E-state index in [1.54, 1.807) is 6.20 Å². The van der Waals surface area contributed by atoms with Crippen molar-refractivity contribution in [1.82, 2.24) is 20.4 Å². The summed E-state index contributed by atoms with van der Waals surface area (Å²) in [6, 6.07) is 6.01. The number of piperazine rings is 1. The summed E-state index contributed by atoms with van der Waals surface area (Å²) in [4.78, 5) is 2.34. The summed E-state index contributed by atoms with van der Waals surface area (Å²) in [6.07, 6.45) is -2.56. The van der Waals surface area contributed by atoms with Gasteiger partial charge in [-0.25, -0.2) is 0 Å². The SMILES string of the molecule is CC1CN(Cc2cn[nH]c2-c2ccc(C(F)(F)F)cc2)CC(C)N1. The Balaban J connectivity index is 1.78. The Kier molecular flexibility index (Phi) is 4.64. The van der Waals surface area contributed by atoms with Gasteiger partial charge in [0.15, 0.2) is 0 Å². The summed E-state index contributed by atoms with van der Waals surface area (Å²) in [5.41, 5.74) is 1.85. The summed E-state index contributed by atoms with van der Waals surface area (Å²) in [5, 5.41) is 10.5. The lowest BCUT2D eigenvalue weighted by Gasteiger charge is -2.36. The number of alkyl halides is 3. The van der Waals surface area contributed by atoms with E-state index in [4.69, 9.17) is 0 Å². The number of aromatic nitrogens is 2. The Bertz CT molecular complexity index is 668. The fourth-order valence-electron chi connectivity index (χ4n) is 3.32. The van der Waals surface area contributed by atoms with Gasteiger partial charge in [-0.05, 0) is 31.5 Å². The van der Waals surface area contributed by atoms with Crippen LogP contribution in [0.15, 0.2) is 30.5 Å². The number of hydrogen-bond donors (Lipinski definition) is 2. The summed E-state index contributed by atoms with van der Waals surface area (Å²) in [7, 11) is 0. The minimum Gasteiger partial charge on any atom is -0.309 e. The molecular weight excluding hydrogens is 317 g/mol. The normalized spacial score (nSPS) is 22.7. The largest absolute Gasteiger partial charge is 0.416 e. The lowest BCUT2D eigenvalue weighted by molar-refractivity contribution is -0.137. The van der Waals surface area contributed by atoms with Gasteiger partial charge in [0.05, 0.1) is 17.5 Å². The predicted octanol–water partition coefficient (Wildman–Crippen LogP) is 3.28. The molecule has 0 amide bonds. The van der Waals surface area contributed by atoms with E-state index in [0.29, 0.717) is 17.6 Å². The summed E-state index contributed by atoms with van der Waals surface area (Å²) in [5.74, 6) is 0. The van der Waals surface area contributed by atoms with Gasteiger partial charge in [-0.15, -0.1) is 0 Å². The van der Waals surface area contributed by atoms with E-state index in [9.17, 15) is 13.2 Å². The van der Waals surface area contributed by atoms with E-state index >= 15 is 0 Å². The molecule has 3 rings (SSSR count). The third kappa shape index (κ3) is 3.79. The summed E-state index contributed by atoms with van der Waals surface area (Å²) < 4.78 is 38.1. The molecular formula is C17H21F3N4. The third-order valence-corrected chi connectivity index (χ3v) is 4.25. The van der Waals surface area contributed by atoms with E-state index in [1.807, 2.05) is 0 Å². The Morgan fingerprint density at radius 2 is 1.75 bits per heavy atom. The van der Waals surface area contributed by atoms with Gasteiger partial charge in [0.25, 0.3) is 0 Å². The monoisotopic (exact) mass is 338 g/mol. The van der Waals surface area contributed by atoms with Gasteiger partial charge in [0.1, 0.15) is 0 Å². The molecule has 1 aromatic carbocycles. The highest BCUT2D eigenvalue weighted by atomic mass is 19.4. The van der Waals surface area contributed by atoms with E-state index in [0.717, 1.165) is 43.0 Å². The highest BCUT2D eigenvalue weighted by Crippen LogP contribution is 2.31. The number of nitrogens with zero attached hydrogens (tertiary/aromatic N) is 2. The highest BCUT2D eigenvalue weighted by molar-refractivity contribution is 5.63. The molecule has 1 fully saturated rings. The second-order valence-corrected chi connectivity index (χ2v) is 6.51. The smallest absolute Gasteiger partial charge is 0.309 e. The molecule has 0 saturated carbocycles. The van der Waals surface area contributed by atoms with Crippen LogP contribution in [0.3, 0.4) is 0 Å². The van der Waals surface area contributed by atoms with Gasteiger partial charge < -0.3 is 5.32 Å². The van der Waals surface area contributed by atoms with Crippen molar-refractivity contribution >= 4 is 0 Å². The topological polar surface area (TPSA) is 44.0 Å². The van der Waals surface area contributed by atoms with Crippen LogP contribution in [0.1, 0.15) is 25.0 Å². The van der Waals surface area contributed by atoms with E-state index in [2.05, 4.69) is 34.3 Å². The maximum Gasteiger partial charge on any atom is 0.416 e. The van der Waals surface area contributed by atoms with Crippen LogP contribution in [-0.4, -0.2) is 40.3 Å². The standard InChI is InChI=1S/C17H21F3N4/c1-11-8-24(9-12(2)22-11)10-14-7-21-23-16(14)13-3-5-15(6-4-13)17(18,19)20/h3-7,11-12,22H,8-10H2,1-2H3,(H,21,23). The first-order valence-electron chi connectivity index (χ1n) is 8.01. The van der Waals surface area contributed by atoms with Crippen LogP contribution in [0.2, 0.25) is 0 Å². The van der Waals surface area contributed by atoms with Gasteiger partial charge in [-0.3, -0.25) is 10.00 Å². The number of H-pyrrole nitrogens is 1. The molecule has 1 aliphatic rings. The van der Waals surface area contributed by atoms with E-state index in [-0.39, 0.29) is 0 Å². The molecule has 1 aliphatic heterocycles. The van der Waals surface area contributed by atoms with Crippen LogP contribution in [0.4, 0.5) is 13.2 Å². The first kappa shape index (κ1) is 17.0. The Labute approximate surface area is 139 Å². The average Bonchev–Trinajstić information content (AvgIpc) is 2.93. The van der Waals surface area contributed by atoms with Crippen LogP contribution in [0.5, 0.6) is 0 Å². The van der Waals surface area contributed by atoms with Gasteiger partial charge in [0.2, 0.25) is 0 Å². The molecule has 2 N–H and O–H groups in total. The number of rotatable bonds is 3. The van der Waals surface area contributed by atoms with Crippen molar-refractivity contribution in [2.45, 2.75) is 38.7 Å². The Hall–Kier alpha value is -1.86. The van der Waals surface area contributed by atoms with Crippen molar-refractivity contribution in [3.63, 3.8) is 0 Å². The molecule has 0 radical (unpaired) electrons. The molecule has 2 heterocycles. The molecule has 0 bridgehead atoms. The lowest BCUT2D eigenvalue weighted by atomic mass is 10.0. The summed E-state index contributed by atoms with van der Waals surface area (Å²) in [6.45, 7) is 6.89. The first-order valence-corrected chi connectivity index (χ1v) is 8.01. The van der Waals surface area contributed by atoms with Crippen molar-refractivity contribution in [2.75, 3.05) is 13.1 Å². The van der Waals surface area contributed by atoms with Crippen molar-refractivity contribution in [2.24, 2.45) is 0 Å². The molecule has 4 nitrogen and oxygen atoms in total. The number of benzene rings is 1. The number of aromatic amines is 1. The first-order chi connectivity index (χ1) is 11.3. The fraction of sp³-hybridized carbons (Fsp3) is 0.471. The van der Waals surface area contributed by atoms with Crippen LogP contribution in [0.25, 0.3) is 11.3 Å². The fourth-order valence-corrected chi connectivity index (χ4v) is 3.32. The molecule has 130 valence electrons. The van der Waals surface area contributed by atoms with Gasteiger partial charge in [0, 0.05) is 37.3 Å². The van der Waals surface area contributed by atoms with Crippen LogP contribution >= 0.6 is 0 Å². The second kappa shape index (κ2) is 6.57. The molecule has 7 heteroatoms. The molecule has 0 spiro atoms. The molecule has 24 heavy (non-hydrogen) atoms. The van der Waals surface area contributed by atoms with Crippen molar-refractivity contribution in [3.8, 4) is 11.3 Å². The lowest BCUT2D eigenvalue weighted by Crippen LogP contribution is -2.53. The van der Waals surface area contributed by atoms with Crippen LogP contribution in [-0.2, 0) is 12.7 Å². The molecule has 0 aliphatic carbocycles. The Morgan fingerprint density at radius 1 is 1.12 bits per heavy atom. The van der Waals surface area contributed by atoms with Crippen molar-refractivity contribution in [3.05, 3.63) is 41.6 Å². The Morgan fingerprint density at radius 3 is 2.33 bits per heavy atom. The highest BCUT2D eigenvalue weighted by Gasteiger charge is 2.30. The predicted molar refractivity (Wildman–Crippen MR) is 86.4 cm³/mol. The maximum absolute atomic E-state index is 12.7. The molecule has 2 atom stereocenters. The van der Waals surface area contributed by atoms with Crippen molar-refractivity contribution < 1.29 is 13.2 Å². The van der Waals surface area contributed by atoms with E-state index in [1.165, 1.54) is 12.1 Å². The second-order valence-electron chi connectivity index (χ2n) is 6.51. The number of halogens is 3. The summed E-state index contributed by atoms with van der Waals surface area (Å²) >= 11 is 0. The molecule has 1 saturated heterocycles. The number of hydrogen-bond acceptors (Lipinski definition) is 3. The zero-order chi connectivity index (χ0) is 17.3. The van der Waals surface area contributed by atoms with Crippen LogP contribution < -0.4 is 5.32 Å². The molecule has 1 aromatic heterocycles.